The number of hydrogen-bond acceptors (Lipinski definition) is 6. The number of pyridine rings is 1. The minimum Gasteiger partial charge on any atom is -0.471 e. The van der Waals surface area contributed by atoms with Crippen LogP contribution in [-0.4, -0.2) is 25.0 Å². The van der Waals surface area contributed by atoms with Gasteiger partial charge in [0, 0.05) is 31.1 Å². The molecule has 0 radical (unpaired) electrons. The molecule has 3 heterocycles. The molecule has 148 valence electrons. The number of fused-ring (bicyclic) bond motifs is 1. The van der Waals surface area contributed by atoms with Crippen LogP contribution in [0.1, 0.15) is 11.5 Å². The fourth-order valence-electron chi connectivity index (χ4n) is 3.28. The van der Waals surface area contributed by atoms with Gasteiger partial charge in [-0.2, -0.15) is 0 Å². The molecule has 2 aromatic carbocycles. The van der Waals surface area contributed by atoms with Gasteiger partial charge in [0.05, 0.1) is 11.2 Å². The first-order valence-electron chi connectivity index (χ1n) is 9.58. The van der Waals surface area contributed by atoms with Gasteiger partial charge in [0.2, 0.25) is 11.8 Å². The van der Waals surface area contributed by atoms with Crippen LogP contribution in [-0.2, 0) is 13.7 Å². The number of hydrogen-bond donors (Lipinski definition) is 0. The molecule has 0 N–H and O–H groups in total. The Morgan fingerprint density at radius 1 is 0.967 bits per heavy atom. The Morgan fingerprint density at radius 3 is 2.60 bits per heavy atom. The molecule has 0 saturated carbocycles. The van der Waals surface area contributed by atoms with E-state index in [2.05, 4.69) is 39.6 Å². The van der Waals surface area contributed by atoms with E-state index in [1.807, 2.05) is 43.4 Å². The topological polar surface area (TPSA) is 78.9 Å². The van der Waals surface area contributed by atoms with Gasteiger partial charge in [0.25, 0.3) is 5.89 Å². The Morgan fingerprint density at radius 2 is 1.80 bits per heavy atom. The van der Waals surface area contributed by atoms with Crippen molar-refractivity contribution in [3.63, 3.8) is 0 Å². The summed E-state index contributed by atoms with van der Waals surface area (Å²) in [6.45, 7) is 2.13. The summed E-state index contributed by atoms with van der Waals surface area (Å²) in [4.78, 5) is 4.75. The van der Waals surface area contributed by atoms with Gasteiger partial charge < -0.3 is 9.15 Å². The fourth-order valence-corrected chi connectivity index (χ4v) is 3.28. The van der Waals surface area contributed by atoms with Crippen molar-refractivity contribution >= 4 is 10.9 Å². The van der Waals surface area contributed by atoms with Gasteiger partial charge in [-0.15, -0.1) is 15.3 Å². The van der Waals surface area contributed by atoms with Crippen molar-refractivity contribution < 1.29 is 9.15 Å². The molecule has 0 aliphatic rings. The summed E-state index contributed by atoms with van der Waals surface area (Å²) in [6, 6.07) is 20.4. The average Bonchev–Trinajstić information content (AvgIpc) is 3.37. The monoisotopic (exact) mass is 397 g/mol. The van der Waals surface area contributed by atoms with E-state index >= 15 is 0 Å². The Kier molecular flexibility index (Phi) is 4.48. The van der Waals surface area contributed by atoms with Gasteiger partial charge in [-0.25, -0.2) is 4.98 Å². The highest BCUT2D eigenvalue weighted by molar-refractivity contribution is 5.81. The maximum atomic E-state index is 5.94. The van der Waals surface area contributed by atoms with E-state index < -0.39 is 0 Å². The number of para-hydroxylation sites is 1. The fraction of sp³-hybridized carbons (Fsp3) is 0.130. The Bertz CT molecular complexity index is 1320. The van der Waals surface area contributed by atoms with E-state index in [1.54, 1.807) is 17.8 Å². The molecule has 0 spiro atoms. The summed E-state index contributed by atoms with van der Waals surface area (Å²) >= 11 is 0. The third-order valence-electron chi connectivity index (χ3n) is 4.78. The highest BCUT2D eigenvalue weighted by Gasteiger charge is 2.17. The van der Waals surface area contributed by atoms with Crippen molar-refractivity contribution in [3.05, 3.63) is 78.3 Å². The standard InChI is InChI=1S/C23H19N5O2/c1-15-25-26-22(30-15)19-13-28(2)27-23(19)29-14-16-7-9-18(10-8-16)21-12-11-17-5-3-4-6-20(17)24-21/h3-13H,14H2,1-2H3. The van der Waals surface area contributed by atoms with Crippen LogP contribution in [0.4, 0.5) is 0 Å². The van der Waals surface area contributed by atoms with Crippen molar-refractivity contribution in [1.29, 1.82) is 0 Å². The Labute approximate surface area is 173 Å². The molecule has 7 heteroatoms. The molecule has 5 aromatic rings. The van der Waals surface area contributed by atoms with E-state index in [-0.39, 0.29) is 0 Å². The lowest BCUT2D eigenvalue weighted by atomic mass is 10.1. The summed E-state index contributed by atoms with van der Waals surface area (Å²) in [5, 5.41) is 13.4. The molecule has 0 bridgehead atoms. The molecular weight excluding hydrogens is 378 g/mol. The molecule has 0 unspecified atom stereocenters. The van der Waals surface area contributed by atoms with Gasteiger partial charge in [-0.1, -0.05) is 48.5 Å². The lowest BCUT2D eigenvalue weighted by molar-refractivity contribution is 0.291. The predicted octanol–water partition coefficient (Wildman–Crippen LogP) is 4.57. The molecule has 0 saturated heterocycles. The van der Waals surface area contributed by atoms with Gasteiger partial charge in [-0.3, -0.25) is 4.68 Å². The summed E-state index contributed by atoms with van der Waals surface area (Å²) in [5.41, 5.74) is 4.69. The summed E-state index contributed by atoms with van der Waals surface area (Å²) in [5.74, 6) is 1.35. The smallest absolute Gasteiger partial charge is 0.254 e. The van der Waals surface area contributed by atoms with Gasteiger partial charge in [0.15, 0.2) is 0 Å². The highest BCUT2D eigenvalue weighted by Crippen LogP contribution is 2.28. The molecule has 0 aliphatic heterocycles. The second kappa shape index (κ2) is 7.44. The largest absolute Gasteiger partial charge is 0.471 e. The predicted molar refractivity (Wildman–Crippen MR) is 113 cm³/mol. The van der Waals surface area contributed by atoms with E-state index in [4.69, 9.17) is 14.1 Å². The number of benzene rings is 2. The van der Waals surface area contributed by atoms with E-state index in [9.17, 15) is 0 Å². The second-order valence-corrected chi connectivity index (χ2v) is 7.02. The third kappa shape index (κ3) is 3.53. The average molecular weight is 397 g/mol. The van der Waals surface area contributed by atoms with E-state index in [1.165, 1.54) is 0 Å². The SMILES string of the molecule is Cc1nnc(-c2cn(C)nc2OCc2ccc(-c3ccc4ccccc4n3)cc2)o1. The zero-order valence-corrected chi connectivity index (χ0v) is 16.6. The molecule has 3 aromatic heterocycles. The number of nitrogens with zero attached hydrogens (tertiary/aromatic N) is 5. The Hall–Kier alpha value is -4.00. The minimum atomic E-state index is 0.378. The number of aromatic nitrogens is 5. The van der Waals surface area contributed by atoms with Crippen LogP contribution in [0.15, 0.2) is 71.3 Å². The molecule has 7 nitrogen and oxygen atoms in total. The third-order valence-corrected chi connectivity index (χ3v) is 4.78. The van der Waals surface area contributed by atoms with Crippen molar-refractivity contribution in [2.24, 2.45) is 7.05 Å². The molecule has 0 fully saturated rings. The molecule has 0 amide bonds. The lowest BCUT2D eigenvalue weighted by Crippen LogP contribution is -1.98. The van der Waals surface area contributed by atoms with Gasteiger partial charge in [0.1, 0.15) is 12.2 Å². The van der Waals surface area contributed by atoms with Crippen molar-refractivity contribution in [3.8, 4) is 28.6 Å². The van der Waals surface area contributed by atoms with Crippen molar-refractivity contribution in [2.45, 2.75) is 13.5 Å². The quantitative estimate of drug-likeness (QED) is 0.432. The first-order valence-corrected chi connectivity index (χ1v) is 9.58. The molecule has 5 rings (SSSR count). The molecule has 30 heavy (non-hydrogen) atoms. The summed E-state index contributed by atoms with van der Waals surface area (Å²) < 4.78 is 13.1. The molecule has 0 aliphatic carbocycles. The zero-order valence-electron chi connectivity index (χ0n) is 16.6. The minimum absolute atomic E-state index is 0.378. The van der Waals surface area contributed by atoms with Crippen LogP contribution >= 0.6 is 0 Å². The normalized spacial score (nSPS) is 11.1. The van der Waals surface area contributed by atoms with Crippen LogP contribution in [0.3, 0.4) is 0 Å². The van der Waals surface area contributed by atoms with Crippen molar-refractivity contribution in [2.75, 3.05) is 0 Å². The number of ether oxygens (including phenoxy) is 1. The summed E-state index contributed by atoms with van der Waals surface area (Å²) in [6.07, 6.45) is 1.80. The van der Waals surface area contributed by atoms with E-state index in [0.29, 0.717) is 29.8 Å². The first-order chi connectivity index (χ1) is 14.7. The van der Waals surface area contributed by atoms with Crippen LogP contribution in [0.2, 0.25) is 0 Å². The van der Waals surface area contributed by atoms with Crippen molar-refractivity contribution in [1.82, 2.24) is 25.0 Å². The van der Waals surface area contributed by atoms with Crippen LogP contribution in [0.5, 0.6) is 5.88 Å². The van der Waals surface area contributed by atoms with E-state index in [0.717, 1.165) is 27.7 Å². The maximum Gasteiger partial charge on any atom is 0.254 e. The first kappa shape index (κ1) is 18.1. The lowest BCUT2D eigenvalue weighted by Gasteiger charge is -2.07. The number of rotatable bonds is 5. The second-order valence-electron chi connectivity index (χ2n) is 7.02. The number of aryl methyl sites for hydroxylation is 2. The summed E-state index contributed by atoms with van der Waals surface area (Å²) in [7, 11) is 1.82. The molecular formula is C23H19N5O2. The van der Waals surface area contributed by atoms with Crippen LogP contribution in [0, 0.1) is 6.92 Å². The molecule has 0 atom stereocenters. The van der Waals surface area contributed by atoms with Crippen LogP contribution < -0.4 is 4.74 Å². The van der Waals surface area contributed by atoms with Gasteiger partial charge >= 0.3 is 0 Å². The van der Waals surface area contributed by atoms with Crippen LogP contribution in [0.25, 0.3) is 33.6 Å². The maximum absolute atomic E-state index is 5.94. The highest BCUT2D eigenvalue weighted by atomic mass is 16.5. The Balaban J connectivity index is 1.33. The zero-order chi connectivity index (χ0) is 20.5. The van der Waals surface area contributed by atoms with Gasteiger partial charge in [-0.05, 0) is 17.7 Å².